The van der Waals surface area contributed by atoms with Crippen LogP contribution in [0.15, 0.2) is 18.2 Å². The summed E-state index contributed by atoms with van der Waals surface area (Å²) in [5.74, 6) is -1.04. The molecule has 0 fully saturated rings. The Morgan fingerprint density at radius 3 is 2.79 bits per heavy atom. The molecule has 0 saturated carbocycles. The van der Waals surface area contributed by atoms with Gasteiger partial charge in [-0.15, -0.1) is 0 Å². The van der Waals surface area contributed by atoms with Crippen LogP contribution in [0.25, 0.3) is 0 Å². The van der Waals surface area contributed by atoms with Gasteiger partial charge in [0.1, 0.15) is 6.04 Å². The lowest BCUT2D eigenvalue weighted by atomic mass is 9.99. The molecule has 1 aromatic rings. The summed E-state index contributed by atoms with van der Waals surface area (Å²) in [6.07, 6.45) is 0.677. The number of nitrogens with two attached hydrogens (primary N) is 1. The van der Waals surface area contributed by atoms with Gasteiger partial charge in [-0.2, -0.15) is 0 Å². The lowest BCUT2D eigenvalue weighted by Crippen LogP contribution is -2.22. The number of rotatable bonds is 3. The second kappa shape index (κ2) is 4.44. The van der Waals surface area contributed by atoms with E-state index in [0.29, 0.717) is 17.0 Å². The number of carbonyl (C=O) groups is 1. The highest BCUT2D eigenvalue weighted by molar-refractivity contribution is 6.31. The Morgan fingerprint density at radius 2 is 2.29 bits per heavy atom. The first-order valence-electron chi connectivity index (χ1n) is 4.33. The molecule has 1 atom stereocenters. The van der Waals surface area contributed by atoms with Crippen molar-refractivity contribution in [1.29, 1.82) is 0 Å². The molecular weight excluding hydrogens is 202 g/mol. The van der Waals surface area contributed by atoms with E-state index in [2.05, 4.69) is 0 Å². The SMILES string of the molecule is CCc1c(Cl)cccc1[C@H](N)C(=O)O. The van der Waals surface area contributed by atoms with Gasteiger partial charge in [0.2, 0.25) is 0 Å². The Labute approximate surface area is 87.5 Å². The predicted molar refractivity (Wildman–Crippen MR) is 55.4 cm³/mol. The Bertz CT molecular complexity index is 352. The first kappa shape index (κ1) is 11.0. The monoisotopic (exact) mass is 213 g/mol. The number of halogens is 1. The Hall–Kier alpha value is -1.06. The van der Waals surface area contributed by atoms with Gasteiger partial charge in [0.05, 0.1) is 0 Å². The number of hydrogen-bond acceptors (Lipinski definition) is 2. The molecular formula is C10H12ClNO2. The van der Waals surface area contributed by atoms with Crippen molar-refractivity contribution < 1.29 is 9.90 Å². The number of carboxylic acids is 1. The topological polar surface area (TPSA) is 63.3 Å². The molecule has 3 N–H and O–H groups in total. The molecule has 1 rings (SSSR count). The van der Waals surface area contributed by atoms with E-state index in [1.165, 1.54) is 0 Å². The molecule has 14 heavy (non-hydrogen) atoms. The molecule has 0 aliphatic rings. The summed E-state index contributed by atoms with van der Waals surface area (Å²) in [6.45, 7) is 1.92. The quantitative estimate of drug-likeness (QED) is 0.807. The highest BCUT2D eigenvalue weighted by Crippen LogP contribution is 2.24. The van der Waals surface area contributed by atoms with Gasteiger partial charge in [0.25, 0.3) is 0 Å². The summed E-state index contributed by atoms with van der Waals surface area (Å²) in [5.41, 5.74) is 6.92. The Kier molecular flexibility index (Phi) is 3.49. The van der Waals surface area contributed by atoms with Crippen LogP contribution in [0.4, 0.5) is 0 Å². The largest absolute Gasteiger partial charge is 0.480 e. The van der Waals surface area contributed by atoms with Crippen LogP contribution in [0.2, 0.25) is 5.02 Å². The maximum atomic E-state index is 10.7. The van der Waals surface area contributed by atoms with E-state index in [4.69, 9.17) is 22.4 Å². The van der Waals surface area contributed by atoms with E-state index >= 15 is 0 Å². The van der Waals surface area contributed by atoms with Gasteiger partial charge in [-0.3, -0.25) is 4.79 Å². The van der Waals surface area contributed by atoms with Crippen molar-refractivity contribution >= 4 is 17.6 Å². The number of aliphatic carboxylic acids is 1. The lowest BCUT2D eigenvalue weighted by molar-refractivity contribution is -0.138. The minimum Gasteiger partial charge on any atom is -0.480 e. The van der Waals surface area contributed by atoms with Crippen molar-refractivity contribution in [3.05, 3.63) is 34.3 Å². The summed E-state index contributed by atoms with van der Waals surface area (Å²) in [7, 11) is 0. The van der Waals surface area contributed by atoms with Gasteiger partial charge in [-0.25, -0.2) is 0 Å². The zero-order chi connectivity index (χ0) is 10.7. The standard InChI is InChI=1S/C10H12ClNO2/c1-2-6-7(9(12)10(13)14)4-3-5-8(6)11/h3-5,9H,2,12H2,1H3,(H,13,14)/t9-/m0/s1. The summed E-state index contributed by atoms with van der Waals surface area (Å²) >= 11 is 5.93. The second-order valence-electron chi connectivity index (χ2n) is 2.98. The summed E-state index contributed by atoms with van der Waals surface area (Å²) in [4.78, 5) is 10.7. The summed E-state index contributed by atoms with van der Waals surface area (Å²) < 4.78 is 0. The van der Waals surface area contributed by atoms with E-state index < -0.39 is 12.0 Å². The van der Waals surface area contributed by atoms with Crippen molar-refractivity contribution in [2.24, 2.45) is 5.73 Å². The molecule has 1 aromatic carbocycles. The van der Waals surface area contributed by atoms with Crippen LogP contribution in [0.1, 0.15) is 24.1 Å². The zero-order valence-electron chi connectivity index (χ0n) is 7.83. The normalized spacial score (nSPS) is 12.5. The minimum atomic E-state index is -1.04. The van der Waals surface area contributed by atoms with E-state index in [1.54, 1.807) is 18.2 Å². The van der Waals surface area contributed by atoms with Gasteiger partial charge in [0, 0.05) is 5.02 Å². The van der Waals surface area contributed by atoms with Gasteiger partial charge in [-0.05, 0) is 23.6 Å². The molecule has 0 aliphatic carbocycles. The Morgan fingerprint density at radius 1 is 1.64 bits per heavy atom. The molecule has 76 valence electrons. The lowest BCUT2D eigenvalue weighted by Gasteiger charge is -2.12. The van der Waals surface area contributed by atoms with Gasteiger partial charge >= 0.3 is 5.97 Å². The highest BCUT2D eigenvalue weighted by Gasteiger charge is 2.18. The summed E-state index contributed by atoms with van der Waals surface area (Å²) in [6, 6.07) is 4.14. The fourth-order valence-electron chi connectivity index (χ4n) is 1.37. The van der Waals surface area contributed by atoms with E-state index in [9.17, 15) is 4.79 Å². The van der Waals surface area contributed by atoms with Gasteiger partial charge in [-0.1, -0.05) is 30.7 Å². The fourth-order valence-corrected chi connectivity index (χ4v) is 1.69. The summed E-state index contributed by atoms with van der Waals surface area (Å²) in [5, 5.41) is 9.35. The van der Waals surface area contributed by atoms with Crippen LogP contribution in [0, 0.1) is 0 Å². The van der Waals surface area contributed by atoms with Crippen LogP contribution in [0.3, 0.4) is 0 Å². The van der Waals surface area contributed by atoms with E-state index in [0.717, 1.165) is 5.56 Å². The van der Waals surface area contributed by atoms with E-state index in [1.807, 2.05) is 6.92 Å². The van der Waals surface area contributed by atoms with E-state index in [-0.39, 0.29) is 0 Å². The van der Waals surface area contributed by atoms with Crippen molar-refractivity contribution in [2.45, 2.75) is 19.4 Å². The molecule has 0 amide bonds. The van der Waals surface area contributed by atoms with Crippen molar-refractivity contribution in [3.8, 4) is 0 Å². The molecule has 0 saturated heterocycles. The third-order valence-electron chi connectivity index (χ3n) is 2.11. The molecule has 0 aliphatic heterocycles. The van der Waals surface area contributed by atoms with Crippen LogP contribution in [0.5, 0.6) is 0 Å². The zero-order valence-corrected chi connectivity index (χ0v) is 8.58. The Balaban J connectivity index is 3.20. The molecule has 0 spiro atoms. The predicted octanol–water partition coefficient (Wildman–Crippen LogP) is 1.99. The van der Waals surface area contributed by atoms with Crippen LogP contribution < -0.4 is 5.73 Å². The third-order valence-corrected chi connectivity index (χ3v) is 2.46. The first-order valence-corrected chi connectivity index (χ1v) is 4.71. The molecule has 4 heteroatoms. The van der Waals surface area contributed by atoms with Crippen molar-refractivity contribution in [3.63, 3.8) is 0 Å². The van der Waals surface area contributed by atoms with Crippen LogP contribution >= 0.6 is 11.6 Å². The molecule has 0 radical (unpaired) electrons. The average Bonchev–Trinajstić information content (AvgIpc) is 2.16. The number of carboxylic acid groups (broad SMARTS) is 1. The molecule has 0 aromatic heterocycles. The maximum absolute atomic E-state index is 10.7. The van der Waals surface area contributed by atoms with Crippen LogP contribution in [-0.2, 0) is 11.2 Å². The smallest absolute Gasteiger partial charge is 0.325 e. The molecule has 0 unspecified atom stereocenters. The number of benzene rings is 1. The molecule has 0 bridgehead atoms. The molecule has 3 nitrogen and oxygen atoms in total. The van der Waals surface area contributed by atoms with Gasteiger partial charge < -0.3 is 10.8 Å². The maximum Gasteiger partial charge on any atom is 0.325 e. The number of hydrogen-bond donors (Lipinski definition) is 2. The highest BCUT2D eigenvalue weighted by atomic mass is 35.5. The first-order chi connectivity index (χ1) is 6.57. The second-order valence-corrected chi connectivity index (χ2v) is 3.38. The van der Waals surface area contributed by atoms with Crippen LogP contribution in [-0.4, -0.2) is 11.1 Å². The van der Waals surface area contributed by atoms with Gasteiger partial charge in [0.15, 0.2) is 0 Å². The third kappa shape index (κ3) is 2.05. The van der Waals surface area contributed by atoms with Crippen molar-refractivity contribution in [2.75, 3.05) is 0 Å². The fraction of sp³-hybridized carbons (Fsp3) is 0.300. The molecule has 0 heterocycles. The van der Waals surface area contributed by atoms with Crippen molar-refractivity contribution in [1.82, 2.24) is 0 Å². The average molecular weight is 214 g/mol. The minimum absolute atomic E-state index is 0.571.